The van der Waals surface area contributed by atoms with Gasteiger partial charge in [0.25, 0.3) is 5.91 Å². The van der Waals surface area contributed by atoms with Crippen LogP contribution in [0.1, 0.15) is 52.3 Å². The quantitative estimate of drug-likeness (QED) is 0.343. The van der Waals surface area contributed by atoms with E-state index < -0.39 is 0 Å². The van der Waals surface area contributed by atoms with E-state index in [1.807, 2.05) is 31.9 Å². The molecule has 1 amide bonds. The Morgan fingerprint density at radius 3 is 2.51 bits per heavy atom. The number of fused-ring (bicyclic) bond motifs is 1. The first-order chi connectivity index (χ1) is 17.5. The van der Waals surface area contributed by atoms with Gasteiger partial charge in [0, 0.05) is 48.8 Å². The van der Waals surface area contributed by atoms with Crippen molar-refractivity contribution in [2.24, 2.45) is 14.1 Å². The molecule has 8 nitrogen and oxygen atoms in total. The number of hydrogen-bond acceptors (Lipinski definition) is 6. The lowest BCUT2D eigenvalue weighted by atomic mass is 9.98. The number of aryl methyl sites for hydroxylation is 4. The smallest absolute Gasteiger partial charge is 0.263 e. The summed E-state index contributed by atoms with van der Waals surface area (Å²) in [7, 11) is 3.95. The van der Waals surface area contributed by atoms with Gasteiger partial charge in [-0.25, -0.2) is 15.0 Å². The van der Waals surface area contributed by atoms with E-state index in [9.17, 15) is 4.79 Å². The third kappa shape index (κ3) is 4.67. The second-order valence-electron chi connectivity index (χ2n) is 10.5. The molecule has 1 N–H and O–H groups in total. The molecule has 0 atom stereocenters. The molecular weight excluding hydrogens is 482 g/mol. The molecule has 37 heavy (non-hydrogen) atoms. The van der Waals surface area contributed by atoms with E-state index in [4.69, 9.17) is 0 Å². The van der Waals surface area contributed by atoms with E-state index in [1.54, 1.807) is 12.5 Å². The molecule has 0 aliphatic carbocycles. The van der Waals surface area contributed by atoms with Crippen molar-refractivity contribution < 1.29 is 4.79 Å². The van der Waals surface area contributed by atoms with Crippen molar-refractivity contribution >= 4 is 28.3 Å². The Labute approximate surface area is 220 Å². The average Bonchev–Trinajstić information content (AvgIpc) is 3.55. The van der Waals surface area contributed by atoms with Crippen molar-refractivity contribution in [2.75, 3.05) is 0 Å². The summed E-state index contributed by atoms with van der Waals surface area (Å²) < 4.78 is 3.92. The van der Waals surface area contributed by atoms with Crippen LogP contribution in [0, 0.1) is 13.8 Å². The SMILES string of the molecule is Cc1cc(-c2ncnc3c2cc(-c2cn(C)nc2C)n3C)ccc1CNC(=O)c1cnc(C(C)(C)C)s1. The third-order valence-electron chi connectivity index (χ3n) is 6.54. The molecule has 0 unspecified atom stereocenters. The molecule has 5 rings (SSSR count). The molecule has 190 valence electrons. The predicted molar refractivity (Wildman–Crippen MR) is 148 cm³/mol. The van der Waals surface area contributed by atoms with Gasteiger partial charge < -0.3 is 9.88 Å². The van der Waals surface area contributed by atoms with Crippen molar-refractivity contribution in [3.05, 3.63) is 69.7 Å². The Hall–Kier alpha value is -3.85. The Kier molecular flexibility index (Phi) is 6.19. The zero-order chi connectivity index (χ0) is 26.5. The maximum absolute atomic E-state index is 12.7. The first-order valence-corrected chi connectivity index (χ1v) is 13.0. The number of carbonyl (C=O) groups excluding carboxylic acids is 1. The highest BCUT2D eigenvalue weighted by Gasteiger charge is 2.21. The third-order valence-corrected chi connectivity index (χ3v) is 7.96. The summed E-state index contributed by atoms with van der Waals surface area (Å²) in [6.07, 6.45) is 5.31. The van der Waals surface area contributed by atoms with Crippen LogP contribution in [0.2, 0.25) is 0 Å². The van der Waals surface area contributed by atoms with Gasteiger partial charge in [-0.2, -0.15) is 5.10 Å². The first kappa shape index (κ1) is 24.8. The van der Waals surface area contributed by atoms with Crippen LogP contribution in [0.25, 0.3) is 33.5 Å². The molecule has 5 aromatic rings. The van der Waals surface area contributed by atoms with Gasteiger partial charge in [-0.05, 0) is 37.1 Å². The minimum Gasteiger partial charge on any atom is -0.347 e. The van der Waals surface area contributed by atoms with Gasteiger partial charge in [0.2, 0.25) is 0 Å². The van der Waals surface area contributed by atoms with E-state index in [2.05, 4.69) is 81.9 Å². The Morgan fingerprint density at radius 2 is 1.86 bits per heavy atom. The number of carbonyl (C=O) groups is 1. The molecule has 4 aromatic heterocycles. The number of rotatable bonds is 5. The van der Waals surface area contributed by atoms with Gasteiger partial charge >= 0.3 is 0 Å². The van der Waals surface area contributed by atoms with E-state index in [0.717, 1.165) is 55.4 Å². The lowest BCUT2D eigenvalue weighted by Gasteiger charge is -2.13. The summed E-state index contributed by atoms with van der Waals surface area (Å²) in [4.78, 5) is 27.0. The summed E-state index contributed by atoms with van der Waals surface area (Å²) in [6.45, 7) is 10.8. The van der Waals surface area contributed by atoms with E-state index in [-0.39, 0.29) is 11.3 Å². The number of hydrogen-bond donors (Lipinski definition) is 1. The van der Waals surface area contributed by atoms with Gasteiger partial charge in [0.1, 0.15) is 16.9 Å². The number of benzene rings is 1. The normalized spacial score (nSPS) is 11.9. The summed E-state index contributed by atoms with van der Waals surface area (Å²) >= 11 is 1.45. The molecule has 0 radical (unpaired) electrons. The molecule has 4 heterocycles. The molecule has 0 saturated carbocycles. The second kappa shape index (κ2) is 9.23. The highest BCUT2D eigenvalue weighted by atomic mass is 32.1. The minimum atomic E-state index is -0.100. The van der Waals surface area contributed by atoms with Gasteiger partial charge in [0.15, 0.2) is 0 Å². The molecular formula is C28H31N7OS. The summed E-state index contributed by atoms with van der Waals surface area (Å²) in [5.41, 5.74) is 7.94. The van der Waals surface area contributed by atoms with Crippen LogP contribution < -0.4 is 5.32 Å². The lowest BCUT2D eigenvalue weighted by Crippen LogP contribution is -2.22. The van der Waals surface area contributed by atoms with Crippen LogP contribution in [-0.4, -0.2) is 35.2 Å². The number of amides is 1. The maximum Gasteiger partial charge on any atom is 0.263 e. The molecule has 1 aromatic carbocycles. The number of aromatic nitrogens is 6. The van der Waals surface area contributed by atoms with Gasteiger partial charge in [-0.1, -0.05) is 32.9 Å². The zero-order valence-electron chi connectivity index (χ0n) is 22.2. The number of thiazole rings is 1. The molecule has 0 fully saturated rings. The average molecular weight is 514 g/mol. The van der Waals surface area contributed by atoms with Crippen LogP contribution >= 0.6 is 11.3 Å². The van der Waals surface area contributed by atoms with Gasteiger partial charge in [-0.15, -0.1) is 11.3 Å². The van der Waals surface area contributed by atoms with Crippen LogP contribution in [0.15, 0.2) is 43.0 Å². The van der Waals surface area contributed by atoms with Gasteiger partial charge in [0.05, 0.1) is 28.3 Å². The highest BCUT2D eigenvalue weighted by molar-refractivity contribution is 7.13. The predicted octanol–water partition coefficient (Wildman–Crippen LogP) is 5.34. The molecule has 9 heteroatoms. The fourth-order valence-electron chi connectivity index (χ4n) is 4.50. The van der Waals surface area contributed by atoms with Crippen molar-refractivity contribution in [2.45, 2.75) is 46.6 Å². The standard InChI is InChI=1S/C28H31N7OS/c1-16-10-18(8-9-19(16)12-29-26(36)23-13-30-27(37-23)28(3,4)5)24-20-11-22(21-14-34(6)33-17(21)2)35(7)25(20)32-15-31-24/h8-11,13-15H,12H2,1-7H3,(H,29,36). The fraction of sp³-hybridized carbons (Fsp3) is 0.321. The zero-order valence-corrected chi connectivity index (χ0v) is 23.1. The molecule has 0 aliphatic heterocycles. The van der Waals surface area contributed by atoms with Crippen LogP contribution in [-0.2, 0) is 26.1 Å². The number of nitrogens with zero attached hydrogens (tertiary/aromatic N) is 6. The second-order valence-corrected chi connectivity index (χ2v) is 11.5. The maximum atomic E-state index is 12.7. The van der Waals surface area contributed by atoms with Crippen LogP contribution in [0.3, 0.4) is 0 Å². The van der Waals surface area contributed by atoms with Crippen molar-refractivity contribution in [1.29, 1.82) is 0 Å². The van der Waals surface area contributed by atoms with Crippen LogP contribution in [0.4, 0.5) is 0 Å². The molecule has 0 aliphatic rings. The summed E-state index contributed by atoms with van der Waals surface area (Å²) in [5, 5.41) is 9.48. The number of nitrogens with one attached hydrogen (secondary N) is 1. The highest BCUT2D eigenvalue weighted by Crippen LogP contribution is 2.33. The van der Waals surface area contributed by atoms with E-state index in [1.165, 1.54) is 11.3 Å². The topological polar surface area (TPSA) is 90.5 Å². The van der Waals surface area contributed by atoms with E-state index in [0.29, 0.717) is 11.4 Å². The summed E-state index contributed by atoms with van der Waals surface area (Å²) in [5.74, 6) is -0.100. The first-order valence-electron chi connectivity index (χ1n) is 12.2. The largest absolute Gasteiger partial charge is 0.347 e. The van der Waals surface area contributed by atoms with Crippen molar-refractivity contribution in [3.8, 4) is 22.5 Å². The van der Waals surface area contributed by atoms with Crippen molar-refractivity contribution in [3.63, 3.8) is 0 Å². The Balaban J connectivity index is 1.40. The molecule has 0 spiro atoms. The van der Waals surface area contributed by atoms with E-state index >= 15 is 0 Å². The molecule has 0 bridgehead atoms. The van der Waals surface area contributed by atoms with Gasteiger partial charge in [-0.3, -0.25) is 9.48 Å². The van der Waals surface area contributed by atoms with Crippen LogP contribution in [0.5, 0.6) is 0 Å². The monoisotopic (exact) mass is 513 g/mol. The molecule has 0 saturated heterocycles. The van der Waals surface area contributed by atoms with Crippen molar-refractivity contribution in [1.82, 2.24) is 34.6 Å². The Bertz CT molecular complexity index is 1630. The summed E-state index contributed by atoms with van der Waals surface area (Å²) in [6, 6.07) is 8.37. The fourth-order valence-corrected chi connectivity index (χ4v) is 5.39. The lowest BCUT2D eigenvalue weighted by molar-refractivity contribution is 0.0954. The Morgan fingerprint density at radius 1 is 1.08 bits per heavy atom. The minimum absolute atomic E-state index is 0.0711.